The highest BCUT2D eigenvalue weighted by atomic mass is 14.7. The van der Waals surface area contributed by atoms with E-state index < -0.39 is 0 Å². The summed E-state index contributed by atoms with van der Waals surface area (Å²) in [7, 11) is 0. The maximum atomic E-state index is 8.40. The molecule has 0 aliphatic heterocycles. The third-order valence-electron chi connectivity index (χ3n) is 1.60. The standard InChI is InChI=1S/C8H10N4/c9-3-1-7(10)6-5-12-4-2-8(6)11/h2,4-5,7H,1,10H2,(H2,11,12)/t7-/m0/s1. The minimum absolute atomic E-state index is 0.260. The van der Waals surface area contributed by atoms with Crippen LogP contribution in [0.1, 0.15) is 18.0 Å². The van der Waals surface area contributed by atoms with Crippen molar-refractivity contribution >= 4 is 5.69 Å². The van der Waals surface area contributed by atoms with E-state index in [1.807, 2.05) is 6.07 Å². The molecule has 1 rings (SSSR count). The van der Waals surface area contributed by atoms with E-state index in [0.717, 1.165) is 5.56 Å². The fraction of sp³-hybridized carbons (Fsp3) is 0.250. The zero-order valence-corrected chi connectivity index (χ0v) is 6.57. The molecular weight excluding hydrogens is 152 g/mol. The lowest BCUT2D eigenvalue weighted by Crippen LogP contribution is -2.11. The van der Waals surface area contributed by atoms with Crippen LogP contribution >= 0.6 is 0 Å². The van der Waals surface area contributed by atoms with Gasteiger partial charge in [0.25, 0.3) is 0 Å². The second-order valence-corrected chi connectivity index (χ2v) is 2.47. The largest absolute Gasteiger partial charge is 0.398 e. The van der Waals surface area contributed by atoms with E-state index in [1.165, 1.54) is 0 Å². The van der Waals surface area contributed by atoms with Gasteiger partial charge >= 0.3 is 0 Å². The molecule has 0 unspecified atom stereocenters. The lowest BCUT2D eigenvalue weighted by Gasteiger charge is -2.09. The normalized spacial score (nSPS) is 12.0. The van der Waals surface area contributed by atoms with Crippen LogP contribution in [0.3, 0.4) is 0 Å². The van der Waals surface area contributed by atoms with Gasteiger partial charge in [0, 0.05) is 29.7 Å². The summed E-state index contributed by atoms with van der Waals surface area (Å²) >= 11 is 0. The molecule has 4 heteroatoms. The summed E-state index contributed by atoms with van der Waals surface area (Å²) in [5, 5.41) is 8.40. The average molecular weight is 162 g/mol. The number of nitrogens with zero attached hydrogens (tertiary/aromatic N) is 2. The van der Waals surface area contributed by atoms with E-state index >= 15 is 0 Å². The molecule has 1 atom stereocenters. The summed E-state index contributed by atoms with van der Waals surface area (Å²) in [4.78, 5) is 3.88. The van der Waals surface area contributed by atoms with Crippen molar-refractivity contribution in [3.8, 4) is 6.07 Å². The molecule has 12 heavy (non-hydrogen) atoms. The quantitative estimate of drug-likeness (QED) is 0.665. The lowest BCUT2D eigenvalue weighted by molar-refractivity contribution is 0.747. The number of hydrogen-bond donors (Lipinski definition) is 2. The third-order valence-corrected chi connectivity index (χ3v) is 1.60. The van der Waals surface area contributed by atoms with Crippen molar-refractivity contribution in [1.82, 2.24) is 4.98 Å². The number of nitriles is 1. The van der Waals surface area contributed by atoms with Gasteiger partial charge in [-0.2, -0.15) is 5.26 Å². The van der Waals surface area contributed by atoms with Gasteiger partial charge in [0.1, 0.15) is 0 Å². The first kappa shape index (κ1) is 8.50. The van der Waals surface area contributed by atoms with Gasteiger partial charge in [-0.1, -0.05) is 0 Å². The van der Waals surface area contributed by atoms with E-state index in [-0.39, 0.29) is 12.5 Å². The molecule has 1 heterocycles. The van der Waals surface area contributed by atoms with Crippen molar-refractivity contribution in [2.75, 3.05) is 5.73 Å². The van der Waals surface area contributed by atoms with Gasteiger partial charge in [0.2, 0.25) is 0 Å². The van der Waals surface area contributed by atoms with Gasteiger partial charge in [-0.15, -0.1) is 0 Å². The molecule has 0 fully saturated rings. The van der Waals surface area contributed by atoms with Crippen LogP contribution in [0, 0.1) is 11.3 Å². The van der Waals surface area contributed by atoms with Gasteiger partial charge in [-0.05, 0) is 6.07 Å². The van der Waals surface area contributed by atoms with Crippen LogP contribution < -0.4 is 11.5 Å². The molecule has 4 N–H and O–H groups in total. The molecule has 0 saturated heterocycles. The van der Waals surface area contributed by atoms with Gasteiger partial charge in [-0.25, -0.2) is 0 Å². The first-order valence-corrected chi connectivity index (χ1v) is 3.57. The van der Waals surface area contributed by atoms with E-state index in [2.05, 4.69) is 4.98 Å². The summed E-state index contributed by atoms with van der Waals surface area (Å²) < 4.78 is 0. The van der Waals surface area contributed by atoms with Gasteiger partial charge in [0.15, 0.2) is 0 Å². The molecule has 0 aromatic carbocycles. The van der Waals surface area contributed by atoms with Crippen molar-refractivity contribution in [1.29, 1.82) is 5.26 Å². The maximum absolute atomic E-state index is 8.40. The van der Waals surface area contributed by atoms with E-state index in [1.54, 1.807) is 18.5 Å². The topological polar surface area (TPSA) is 88.7 Å². The van der Waals surface area contributed by atoms with Crippen LogP contribution in [0.25, 0.3) is 0 Å². The molecule has 62 valence electrons. The summed E-state index contributed by atoms with van der Waals surface area (Å²) in [6.45, 7) is 0. The Balaban J connectivity index is 2.88. The number of nitrogens with two attached hydrogens (primary N) is 2. The van der Waals surface area contributed by atoms with Crippen molar-refractivity contribution in [3.05, 3.63) is 24.0 Å². The highest BCUT2D eigenvalue weighted by Gasteiger charge is 2.07. The number of aromatic nitrogens is 1. The Morgan fingerprint density at radius 1 is 1.67 bits per heavy atom. The van der Waals surface area contributed by atoms with Gasteiger partial charge < -0.3 is 11.5 Å². The Labute approximate surface area is 70.8 Å². The summed E-state index contributed by atoms with van der Waals surface area (Å²) in [5.74, 6) is 0. The van der Waals surface area contributed by atoms with Crippen LogP contribution in [0.15, 0.2) is 18.5 Å². The Bertz CT molecular complexity index is 302. The van der Waals surface area contributed by atoms with Crippen LogP contribution in [-0.4, -0.2) is 4.98 Å². The number of hydrogen-bond acceptors (Lipinski definition) is 4. The van der Waals surface area contributed by atoms with E-state index in [0.29, 0.717) is 5.69 Å². The average Bonchev–Trinajstić information content (AvgIpc) is 2.05. The smallest absolute Gasteiger partial charge is 0.0641 e. The first-order chi connectivity index (χ1) is 5.75. The minimum Gasteiger partial charge on any atom is -0.398 e. The highest BCUT2D eigenvalue weighted by molar-refractivity contribution is 5.46. The molecule has 4 nitrogen and oxygen atoms in total. The summed E-state index contributed by atoms with van der Waals surface area (Å²) in [6.07, 6.45) is 3.45. The van der Waals surface area contributed by atoms with Crippen molar-refractivity contribution < 1.29 is 0 Å². The van der Waals surface area contributed by atoms with E-state index in [4.69, 9.17) is 16.7 Å². The van der Waals surface area contributed by atoms with Gasteiger partial charge in [0.05, 0.1) is 12.5 Å². The third kappa shape index (κ3) is 1.71. The van der Waals surface area contributed by atoms with Crippen LogP contribution in [-0.2, 0) is 0 Å². The predicted octanol–water partition coefficient (Wildman–Crippen LogP) is 0.577. The summed E-state index contributed by atoms with van der Waals surface area (Å²) in [6, 6.07) is 3.33. The number of anilines is 1. The minimum atomic E-state index is -0.330. The maximum Gasteiger partial charge on any atom is 0.0641 e. The molecule has 0 saturated carbocycles. The predicted molar refractivity (Wildman–Crippen MR) is 45.8 cm³/mol. The molecule has 0 aliphatic rings. The number of nitrogen functional groups attached to an aromatic ring is 1. The zero-order valence-electron chi connectivity index (χ0n) is 6.57. The number of pyridine rings is 1. The fourth-order valence-electron chi connectivity index (χ4n) is 0.936. The highest BCUT2D eigenvalue weighted by Crippen LogP contribution is 2.18. The van der Waals surface area contributed by atoms with Crippen molar-refractivity contribution in [2.24, 2.45) is 5.73 Å². The molecule has 1 aromatic rings. The monoisotopic (exact) mass is 162 g/mol. The van der Waals surface area contributed by atoms with Crippen LogP contribution in [0.5, 0.6) is 0 Å². The Morgan fingerprint density at radius 3 is 3.00 bits per heavy atom. The molecule has 1 aromatic heterocycles. The molecule has 0 radical (unpaired) electrons. The van der Waals surface area contributed by atoms with Crippen LogP contribution in [0.2, 0.25) is 0 Å². The molecule has 0 bridgehead atoms. The molecule has 0 spiro atoms. The van der Waals surface area contributed by atoms with Crippen molar-refractivity contribution in [3.63, 3.8) is 0 Å². The Morgan fingerprint density at radius 2 is 2.42 bits per heavy atom. The second kappa shape index (κ2) is 3.69. The van der Waals surface area contributed by atoms with Gasteiger partial charge in [-0.3, -0.25) is 4.98 Å². The molecule has 0 amide bonds. The molecular formula is C8H10N4. The fourth-order valence-corrected chi connectivity index (χ4v) is 0.936. The first-order valence-electron chi connectivity index (χ1n) is 3.57. The van der Waals surface area contributed by atoms with E-state index in [9.17, 15) is 0 Å². The Kier molecular flexibility index (Phi) is 2.62. The lowest BCUT2D eigenvalue weighted by atomic mass is 10.1. The van der Waals surface area contributed by atoms with Crippen LogP contribution in [0.4, 0.5) is 5.69 Å². The zero-order chi connectivity index (χ0) is 8.97. The second-order valence-electron chi connectivity index (χ2n) is 2.47. The molecule has 0 aliphatic carbocycles. The number of rotatable bonds is 2. The SMILES string of the molecule is N#CC[C@H](N)c1cnccc1N. The summed E-state index contributed by atoms with van der Waals surface area (Å²) in [5.41, 5.74) is 12.6. The Hall–Kier alpha value is -1.60. The van der Waals surface area contributed by atoms with Crippen molar-refractivity contribution in [2.45, 2.75) is 12.5 Å².